The van der Waals surface area contributed by atoms with Crippen LogP contribution in [0.2, 0.25) is 0 Å². The zero-order valence-electron chi connectivity index (χ0n) is 13.5. The molecule has 2 aliphatic heterocycles. The first-order valence-corrected chi connectivity index (χ1v) is 8.25. The van der Waals surface area contributed by atoms with Crippen molar-refractivity contribution in [1.82, 2.24) is 4.90 Å². The van der Waals surface area contributed by atoms with Gasteiger partial charge < -0.3 is 15.4 Å². The molecule has 3 atom stereocenters. The van der Waals surface area contributed by atoms with E-state index in [-0.39, 0.29) is 24.1 Å². The summed E-state index contributed by atoms with van der Waals surface area (Å²) in [4.78, 5) is 14.3. The highest BCUT2D eigenvalue weighted by Gasteiger charge is 2.39. The third-order valence-electron chi connectivity index (χ3n) is 4.96. The van der Waals surface area contributed by atoms with Crippen LogP contribution in [0.15, 0.2) is 42.5 Å². The van der Waals surface area contributed by atoms with Crippen LogP contribution in [0.1, 0.15) is 34.0 Å². The van der Waals surface area contributed by atoms with Crippen LogP contribution in [0.4, 0.5) is 8.78 Å². The fourth-order valence-electron chi connectivity index (χ4n) is 3.69. The van der Waals surface area contributed by atoms with Crippen molar-refractivity contribution in [2.75, 3.05) is 6.61 Å². The molecule has 0 radical (unpaired) electrons. The van der Waals surface area contributed by atoms with Crippen LogP contribution in [0.5, 0.6) is 0 Å². The van der Waals surface area contributed by atoms with Crippen molar-refractivity contribution < 1.29 is 18.3 Å². The van der Waals surface area contributed by atoms with Gasteiger partial charge in [-0.25, -0.2) is 8.78 Å². The third-order valence-corrected chi connectivity index (χ3v) is 4.96. The van der Waals surface area contributed by atoms with Crippen molar-refractivity contribution in [2.24, 2.45) is 5.73 Å². The highest BCUT2D eigenvalue weighted by atomic mass is 19.1. The molecule has 4 nitrogen and oxygen atoms in total. The average Bonchev–Trinajstić information content (AvgIpc) is 2.94. The Morgan fingerprint density at radius 1 is 1.16 bits per heavy atom. The summed E-state index contributed by atoms with van der Waals surface area (Å²) in [5, 5.41) is 0. The normalized spacial score (nSPS) is 26.0. The SMILES string of the molecule is N[C@H]1C[C@@H](N2Cc3ccccc3C2=O)CO[C@@H]1c1cc(F)ccc1F. The predicted octanol–water partition coefficient (Wildman–Crippen LogP) is 2.78. The Hall–Kier alpha value is -2.31. The molecule has 4 rings (SSSR count). The van der Waals surface area contributed by atoms with E-state index < -0.39 is 23.8 Å². The third kappa shape index (κ3) is 2.81. The summed E-state index contributed by atoms with van der Waals surface area (Å²) in [5.74, 6) is -1.10. The quantitative estimate of drug-likeness (QED) is 0.911. The van der Waals surface area contributed by atoms with Gasteiger partial charge in [0.15, 0.2) is 0 Å². The molecule has 0 aromatic heterocycles. The highest BCUT2D eigenvalue weighted by Crippen LogP contribution is 2.34. The zero-order valence-corrected chi connectivity index (χ0v) is 13.5. The van der Waals surface area contributed by atoms with Gasteiger partial charge in [-0.1, -0.05) is 18.2 Å². The van der Waals surface area contributed by atoms with Gasteiger partial charge in [0, 0.05) is 23.7 Å². The van der Waals surface area contributed by atoms with E-state index in [9.17, 15) is 13.6 Å². The zero-order chi connectivity index (χ0) is 17.6. The van der Waals surface area contributed by atoms with Crippen LogP contribution in [0.25, 0.3) is 0 Å². The summed E-state index contributed by atoms with van der Waals surface area (Å²) in [7, 11) is 0. The van der Waals surface area contributed by atoms with Crippen LogP contribution >= 0.6 is 0 Å². The number of nitrogens with zero attached hydrogens (tertiary/aromatic N) is 1. The van der Waals surface area contributed by atoms with Crippen LogP contribution < -0.4 is 5.73 Å². The van der Waals surface area contributed by atoms with Crippen molar-refractivity contribution in [3.05, 3.63) is 70.8 Å². The fourth-order valence-corrected chi connectivity index (χ4v) is 3.69. The Bertz CT molecular complexity index is 827. The number of halogens is 2. The molecule has 2 aromatic carbocycles. The second-order valence-corrected chi connectivity index (χ2v) is 6.56. The Morgan fingerprint density at radius 2 is 1.96 bits per heavy atom. The van der Waals surface area contributed by atoms with Gasteiger partial charge in [-0.2, -0.15) is 0 Å². The minimum atomic E-state index is -0.716. The molecule has 0 aliphatic carbocycles. The first-order valence-electron chi connectivity index (χ1n) is 8.25. The molecule has 2 aromatic rings. The molecule has 0 bridgehead atoms. The summed E-state index contributed by atoms with van der Waals surface area (Å²) in [5.41, 5.74) is 8.00. The molecule has 2 N–H and O–H groups in total. The maximum Gasteiger partial charge on any atom is 0.254 e. The molecule has 25 heavy (non-hydrogen) atoms. The molecule has 2 heterocycles. The van der Waals surface area contributed by atoms with Crippen molar-refractivity contribution in [3.63, 3.8) is 0 Å². The van der Waals surface area contributed by atoms with E-state index in [0.717, 1.165) is 23.8 Å². The van der Waals surface area contributed by atoms with Gasteiger partial charge in [-0.05, 0) is 36.2 Å². The van der Waals surface area contributed by atoms with E-state index in [0.29, 0.717) is 18.5 Å². The van der Waals surface area contributed by atoms with E-state index in [1.165, 1.54) is 0 Å². The molecule has 6 heteroatoms. The number of hydrogen-bond donors (Lipinski definition) is 1. The molecular weight excluding hydrogens is 326 g/mol. The summed E-state index contributed by atoms with van der Waals surface area (Å²) < 4.78 is 33.2. The molecule has 1 amide bonds. The molecule has 1 fully saturated rings. The number of nitrogens with two attached hydrogens (primary N) is 1. The number of fused-ring (bicyclic) bond motifs is 1. The van der Waals surface area contributed by atoms with E-state index >= 15 is 0 Å². The largest absolute Gasteiger partial charge is 0.370 e. The number of hydrogen-bond acceptors (Lipinski definition) is 3. The molecule has 0 saturated carbocycles. The number of rotatable bonds is 2. The van der Waals surface area contributed by atoms with Crippen molar-refractivity contribution in [3.8, 4) is 0 Å². The predicted molar refractivity (Wildman–Crippen MR) is 87.7 cm³/mol. The lowest BCUT2D eigenvalue weighted by molar-refractivity contribution is -0.0457. The van der Waals surface area contributed by atoms with Gasteiger partial charge in [0.1, 0.15) is 17.7 Å². The van der Waals surface area contributed by atoms with Crippen molar-refractivity contribution in [2.45, 2.75) is 31.2 Å². The van der Waals surface area contributed by atoms with E-state index in [2.05, 4.69) is 0 Å². The minimum Gasteiger partial charge on any atom is -0.370 e. The van der Waals surface area contributed by atoms with Gasteiger partial charge in [0.25, 0.3) is 5.91 Å². The number of ether oxygens (including phenoxy) is 1. The Labute approximate surface area is 144 Å². The molecule has 0 spiro atoms. The number of carbonyl (C=O) groups is 1. The summed E-state index contributed by atoms with van der Waals surface area (Å²) in [6.45, 7) is 0.767. The van der Waals surface area contributed by atoms with Crippen LogP contribution in [-0.4, -0.2) is 29.5 Å². The summed E-state index contributed by atoms with van der Waals surface area (Å²) in [6.07, 6.45) is -0.243. The van der Waals surface area contributed by atoms with Gasteiger partial charge in [-0.15, -0.1) is 0 Å². The second-order valence-electron chi connectivity index (χ2n) is 6.56. The van der Waals surface area contributed by atoms with Gasteiger partial charge in [-0.3, -0.25) is 4.79 Å². The standard InChI is InChI=1S/C19H18F2N2O2/c20-12-5-6-16(21)15(7-12)18-17(22)8-13(10-25-18)23-9-11-3-1-2-4-14(11)19(23)24/h1-7,13,17-18H,8-10,22H2/t13-,17+,18-/m1/s1. The molecule has 0 unspecified atom stereocenters. The Morgan fingerprint density at radius 3 is 2.72 bits per heavy atom. The lowest BCUT2D eigenvalue weighted by Crippen LogP contribution is -2.49. The van der Waals surface area contributed by atoms with Crippen LogP contribution in [-0.2, 0) is 11.3 Å². The first kappa shape index (κ1) is 16.2. The number of amides is 1. The second kappa shape index (κ2) is 6.20. The lowest BCUT2D eigenvalue weighted by atomic mass is 9.93. The first-order chi connectivity index (χ1) is 12.0. The molecular formula is C19H18F2N2O2. The fraction of sp³-hybridized carbons (Fsp3) is 0.316. The monoisotopic (exact) mass is 344 g/mol. The molecule has 1 saturated heterocycles. The number of carbonyl (C=O) groups excluding carboxylic acids is 1. The minimum absolute atomic E-state index is 0.0354. The lowest BCUT2D eigenvalue weighted by Gasteiger charge is -2.38. The summed E-state index contributed by atoms with van der Waals surface area (Å²) >= 11 is 0. The summed E-state index contributed by atoms with van der Waals surface area (Å²) in [6, 6.07) is 10.1. The van der Waals surface area contributed by atoms with E-state index in [1.807, 2.05) is 24.3 Å². The molecule has 130 valence electrons. The van der Waals surface area contributed by atoms with E-state index in [1.54, 1.807) is 4.90 Å². The topological polar surface area (TPSA) is 55.6 Å². The van der Waals surface area contributed by atoms with Gasteiger partial charge in [0.05, 0.1) is 12.6 Å². The maximum absolute atomic E-state index is 14.0. The maximum atomic E-state index is 14.0. The van der Waals surface area contributed by atoms with E-state index in [4.69, 9.17) is 10.5 Å². The van der Waals surface area contributed by atoms with Crippen LogP contribution in [0, 0.1) is 11.6 Å². The van der Waals surface area contributed by atoms with Crippen molar-refractivity contribution >= 4 is 5.91 Å². The highest BCUT2D eigenvalue weighted by molar-refractivity contribution is 5.98. The Kier molecular flexibility index (Phi) is 4.01. The average molecular weight is 344 g/mol. The van der Waals surface area contributed by atoms with Gasteiger partial charge in [0.2, 0.25) is 0 Å². The smallest absolute Gasteiger partial charge is 0.254 e. The van der Waals surface area contributed by atoms with Crippen molar-refractivity contribution in [1.29, 1.82) is 0 Å². The van der Waals surface area contributed by atoms with Crippen LogP contribution in [0.3, 0.4) is 0 Å². The Balaban J connectivity index is 1.51. The molecule has 2 aliphatic rings. The van der Waals surface area contributed by atoms with Gasteiger partial charge >= 0.3 is 0 Å². The number of benzene rings is 2.